The molecule has 0 spiro atoms. The molecule has 3 unspecified atom stereocenters. The third kappa shape index (κ3) is 5.92. The molecule has 1 amide bonds. The molecule has 7 nitrogen and oxygen atoms in total. The number of sulfone groups is 1. The monoisotopic (exact) mass is 531 g/mol. The first kappa shape index (κ1) is 27.4. The molecule has 1 aliphatic rings. The molecule has 0 saturated heterocycles. The third-order valence-electron chi connectivity index (χ3n) is 6.64. The lowest BCUT2D eigenvalue weighted by Gasteiger charge is -2.35. The van der Waals surface area contributed by atoms with Gasteiger partial charge in [0.05, 0.1) is 12.0 Å². The summed E-state index contributed by atoms with van der Waals surface area (Å²) in [5.74, 6) is -1.67. The maximum Gasteiger partial charge on any atom is 0.231 e. The van der Waals surface area contributed by atoms with Crippen LogP contribution in [-0.4, -0.2) is 48.0 Å². The van der Waals surface area contributed by atoms with Crippen LogP contribution in [0.2, 0.25) is 0 Å². The molecule has 3 atom stereocenters. The summed E-state index contributed by atoms with van der Waals surface area (Å²) in [6, 6.07) is 20.9. The zero-order valence-electron chi connectivity index (χ0n) is 21.6. The Labute approximate surface area is 224 Å². The third-order valence-corrected chi connectivity index (χ3v) is 8.54. The lowest BCUT2D eigenvalue weighted by atomic mass is 9.87. The van der Waals surface area contributed by atoms with E-state index >= 15 is 0 Å². The maximum atomic E-state index is 14.3. The molecule has 2 heterocycles. The van der Waals surface area contributed by atoms with Crippen molar-refractivity contribution in [2.45, 2.75) is 49.0 Å². The smallest absolute Gasteiger partial charge is 0.231 e. The Hall–Kier alpha value is -3.62. The van der Waals surface area contributed by atoms with E-state index in [1.54, 1.807) is 12.1 Å². The predicted octanol–water partition coefficient (Wildman–Crippen LogP) is 4.36. The van der Waals surface area contributed by atoms with Crippen molar-refractivity contribution in [2.75, 3.05) is 6.54 Å². The van der Waals surface area contributed by atoms with Gasteiger partial charge in [0.25, 0.3) is 0 Å². The summed E-state index contributed by atoms with van der Waals surface area (Å²) >= 11 is 0. The first-order valence-corrected chi connectivity index (χ1v) is 14.3. The van der Waals surface area contributed by atoms with Gasteiger partial charge in [-0.15, -0.1) is 0 Å². The van der Waals surface area contributed by atoms with Crippen molar-refractivity contribution in [3.8, 4) is 11.1 Å². The SMILES string of the molecule is CC(C)CC(C(=O)N1CCC=CC(N)C(=O)C1S(=O)(=O)c1ccccn1)c1cccc(-c2ccccc2)c1. The normalized spacial score (nSPS) is 19.2. The van der Waals surface area contributed by atoms with E-state index in [4.69, 9.17) is 5.73 Å². The van der Waals surface area contributed by atoms with Gasteiger partial charge >= 0.3 is 0 Å². The van der Waals surface area contributed by atoms with Crippen molar-refractivity contribution in [2.24, 2.45) is 11.7 Å². The van der Waals surface area contributed by atoms with Gasteiger partial charge in [-0.3, -0.25) is 9.59 Å². The number of rotatable bonds is 7. The lowest BCUT2D eigenvalue weighted by molar-refractivity contribution is -0.138. The highest BCUT2D eigenvalue weighted by molar-refractivity contribution is 7.92. The lowest BCUT2D eigenvalue weighted by Crippen LogP contribution is -2.56. The molecule has 1 aromatic heterocycles. The molecular formula is C30H33N3O4S. The van der Waals surface area contributed by atoms with Crippen LogP contribution in [0, 0.1) is 5.92 Å². The molecule has 0 bridgehead atoms. The number of nitrogens with zero attached hydrogens (tertiary/aromatic N) is 2. The van der Waals surface area contributed by atoms with Gasteiger partial charge in [-0.05, 0) is 47.6 Å². The average Bonchev–Trinajstić information content (AvgIpc) is 2.92. The summed E-state index contributed by atoms with van der Waals surface area (Å²) in [4.78, 5) is 33.0. The molecule has 0 radical (unpaired) electrons. The summed E-state index contributed by atoms with van der Waals surface area (Å²) in [6.45, 7) is 4.10. The second-order valence-electron chi connectivity index (χ2n) is 9.92. The van der Waals surface area contributed by atoms with Gasteiger partial charge in [-0.25, -0.2) is 13.4 Å². The van der Waals surface area contributed by atoms with Crippen LogP contribution in [0.4, 0.5) is 0 Å². The molecule has 2 aromatic carbocycles. The van der Waals surface area contributed by atoms with Crippen LogP contribution < -0.4 is 5.73 Å². The number of carbonyl (C=O) groups excluding carboxylic acids is 2. The fourth-order valence-corrected chi connectivity index (χ4v) is 6.49. The first-order valence-electron chi connectivity index (χ1n) is 12.8. The zero-order chi connectivity index (χ0) is 27.3. The first-order chi connectivity index (χ1) is 18.2. The molecule has 0 saturated carbocycles. The average molecular weight is 532 g/mol. The van der Waals surface area contributed by atoms with Crippen molar-refractivity contribution in [1.29, 1.82) is 0 Å². The number of nitrogens with two attached hydrogens (primary N) is 1. The number of amides is 1. The van der Waals surface area contributed by atoms with Crippen molar-refractivity contribution < 1.29 is 18.0 Å². The number of ketones is 1. The minimum absolute atomic E-state index is 0.0670. The van der Waals surface area contributed by atoms with E-state index < -0.39 is 38.9 Å². The van der Waals surface area contributed by atoms with E-state index in [1.165, 1.54) is 29.3 Å². The molecular weight excluding hydrogens is 498 g/mol. The molecule has 8 heteroatoms. The largest absolute Gasteiger partial charge is 0.318 e. The molecule has 1 aliphatic heterocycles. The zero-order valence-corrected chi connectivity index (χ0v) is 22.4. The molecule has 3 aromatic rings. The number of Topliss-reactive ketones (excluding diaryl/α,β-unsaturated/α-hetero) is 1. The fourth-order valence-electron chi connectivity index (χ4n) is 4.78. The van der Waals surface area contributed by atoms with Crippen molar-refractivity contribution in [3.63, 3.8) is 0 Å². The summed E-state index contributed by atoms with van der Waals surface area (Å²) in [5.41, 5.74) is 8.81. The summed E-state index contributed by atoms with van der Waals surface area (Å²) in [5, 5.41) is -2.03. The van der Waals surface area contributed by atoms with E-state index in [2.05, 4.69) is 4.98 Å². The predicted molar refractivity (Wildman–Crippen MR) is 148 cm³/mol. The van der Waals surface area contributed by atoms with E-state index in [-0.39, 0.29) is 17.5 Å². The minimum atomic E-state index is -4.34. The number of aromatic nitrogens is 1. The van der Waals surface area contributed by atoms with Crippen LogP contribution in [0.1, 0.15) is 38.2 Å². The van der Waals surface area contributed by atoms with E-state index in [0.717, 1.165) is 16.7 Å². The van der Waals surface area contributed by atoms with Crippen LogP contribution in [-0.2, 0) is 19.4 Å². The van der Waals surface area contributed by atoms with Gasteiger partial charge in [-0.1, -0.05) is 86.7 Å². The summed E-state index contributed by atoms with van der Waals surface area (Å²) in [6.07, 6.45) is 5.43. The van der Waals surface area contributed by atoms with Crippen molar-refractivity contribution in [1.82, 2.24) is 9.88 Å². The Morgan fingerprint density at radius 1 is 1.03 bits per heavy atom. The van der Waals surface area contributed by atoms with E-state index in [0.29, 0.717) is 12.8 Å². The fraction of sp³-hybridized carbons (Fsp3) is 0.300. The Kier molecular flexibility index (Phi) is 8.54. The van der Waals surface area contributed by atoms with Gasteiger partial charge in [0.2, 0.25) is 21.1 Å². The molecule has 2 N–H and O–H groups in total. The number of hydrogen-bond donors (Lipinski definition) is 1. The van der Waals surface area contributed by atoms with Crippen LogP contribution in [0.3, 0.4) is 0 Å². The summed E-state index contributed by atoms with van der Waals surface area (Å²) < 4.78 is 27.6. The Morgan fingerprint density at radius 3 is 2.42 bits per heavy atom. The van der Waals surface area contributed by atoms with E-state index in [1.807, 2.05) is 68.4 Å². The highest BCUT2D eigenvalue weighted by atomic mass is 32.2. The maximum absolute atomic E-state index is 14.3. The summed E-state index contributed by atoms with van der Waals surface area (Å²) in [7, 11) is -4.34. The molecule has 0 aliphatic carbocycles. The van der Waals surface area contributed by atoms with Gasteiger partial charge < -0.3 is 10.6 Å². The Balaban J connectivity index is 1.80. The number of carbonyl (C=O) groups is 2. The molecule has 198 valence electrons. The van der Waals surface area contributed by atoms with Crippen LogP contribution in [0.5, 0.6) is 0 Å². The quantitative estimate of drug-likeness (QED) is 0.454. The highest BCUT2D eigenvalue weighted by Gasteiger charge is 2.45. The molecule has 38 heavy (non-hydrogen) atoms. The molecule has 0 fully saturated rings. The molecule has 4 rings (SSSR count). The van der Waals surface area contributed by atoms with Gasteiger partial charge in [-0.2, -0.15) is 0 Å². The van der Waals surface area contributed by atoms with Crippen LogP contribution in [0.25, 0.3) is 11.1 Å². The minimum Gasteiger partial charge on any atom is -0.318 e. The topological polar surface area (TPSA) is 110 Å². The standard InChI is InChI=1S/C30H33N3O4S/c1-21(2)19-25(24-14-10-13-23(20-24)22-11-4-3-5-12-22)29(35)33-18-9-7-15-26(31)28(34)30(33)38(36,37)27-16-6-8-17-32-27/h3-8,10-17,20-21,25-26,30H,9,18-19,31H2,1-2H3. The Bertz CT molecular complexity index is 1410. The van der Waals surface area contributed by atoms with Gasteiger partial charge in [0, 0.05) is 12.7 Å². The Morgan fingerprint density at radius 2 is 1.74 bits per heavy atom. The van der Waals surface area contributed by atoms with E-state index in [9.17, 15) is 18.0 Å². The van der Waals surface area contributed by atoms with Crippen molar-refractivity contribution in [3.05, 3.63) is 96.7 Å². The number of benzene rings is 2. The number of pyridine rings is 1. The van der Waals surface area contributed by atoms with Crippen LogP contribution in [0.15, 0.2) is 96.2 Å². The van der Waals surface area contributed by atoms with Gasteiger partial charge in [0.15, 0.2) is 10.8 Å². The second kappa shape index (κ2) is 11.8. The van der Waals surface area contributed by atoms with Crippen molar-refractivity contribution >= 4 is 21.5 Å². The second-order valence-corrected chi connectivity index (χ2v) is 11.9. The number of hydrogen-bond acceptors (Lipinski definition) is 6. The van der Waals surface area contributed by atoms with Gasteiger partial charge in [0.1, 0.15) is 0 Å². The van der Waals surface area contributed by atoms with Crippen LogP contribution >= 0.6 is 0 Å². The highest BCUT2D eigenvalue weighted by Crippen LogP contribution is 2.32.